The van der Waals surface area contributed by atoms with Crippen LogP contribution in [0.3, 0.4) is 0 Å². The Kier molecular flexibility index (Phi) is 5.97. The molecule has 0 spiro atoms. The smallest absolute Gasteiger partial charge is 0.416 e. The van der Waals surface area contributed by atoms with E-state index in [-0.39, 0.29) is 17.7 Å². The number of nitrogens with zero attached hydrogens (tertiary/aromatic N) is 5. The Morgan fingerprint density at radius 1 is 1.15 bits per heavy atom. The Balaban J connectivity index is 1.24. The molecule has 5 rings (SSSR count). The van der Waals surface area contributed by atoms with Crippen LogP contribution in [0.1, 0.15) is 43.9 Å². The van der Waals surface area contributed by atoms with E-state index < -0.39 is 0 Å². The lowest BCUT2D eigenvalue weighted by Crippen LogP contribution is -2.47. The van der Waals surface area contributed by atoms with Gasteiger partial charge in [-0.3, -0.25) is 9.80 Å². The number of carbonyl (C=O) groups excluding carboxylic acids is 1. The number of hydrogen-bond donors (Lipinski definition) is 1. The number of nitrogens with one attached hydrogen (secondary N) is 1. The summed E-state index contributed by atoms with van der Waals surface area (Å²) >= 11 is 0. The predicted octanol–water partition coefficient (Wildman–Crippen LogP) is 3.52. The maximum absolute atomic E-state index is 12.5. The first kappa shape index (κ1) is 22.1. The van der Waals surface area contributed by atoms with Gasteiger partial charge in [0.25, 0.3) is 0 Å². The van der Waals surface area contributed by atoms with E-state index in [0.717, 1.165) is 45.6 Å². The van der Waals surface area contributed by atoms with E-state index in [1.165, 1.54) is 11.1 Å². The van der Waals surface area contributed by atoms with Gasteiger partial charge in [0.05, 0.1) is 11.6 Å². The van der Waals surface area contributed by atoms with Gasteiger partial charge in [-0.2, -0.15) is 4.98 Å². The van der Waals surface area contributed by atoms with Crippen LogP contribution in [0.5, 0.6) is 0 Å². The molecular formula is C25H34N6O2. The molecule has 8 nitrogen and oxygen atoms in total. The van der Waals surface area contributed by atoms with Gasteiger partial charge in [-0.1, -0.05) is 24.3 Å². The number of piperazine rings is 1. The number of cyclic esters (lactones) is 1. The molecule has 1 N–H and O–H groups in total. The quantitative estimate of drug-likeness (QED) is 0.692. The van der Waals surface area contributed by atoms with Gasteiger partial charge in [0, 0.05) is 38.9 Å². The summed E-state index contributed by atoms with van der Waals surface area (Å²) in [6.45, 7) is 10.1. The Hall–Kier alpha value is -2.71. The third kappa shape index (κ3) is 4.68. The van der Waals surface area contributed by atoms with Crippen LogP contribution >= 0.6 is 0 Å². The number of rotatable bonds is 7. The van der Waals surface area contributed by atoms with E-state index >= 15 is 0 Å². The normalized spacial score (nSPS) is 25.2. The van der Waals surface area contributed by atoms with Crippen LogP contribution in [-0.4, -0.2) is 71.2 Å². The molecule has 1 unspecified atom stereocenters. The van der Waals surface area contributed by atoms with E-state index in [2.05, 4.69) is 70.2 Å². The van der Waals surface area contributed by atoms with Crippen LogP contribution < -0.4 is 10.2 Å². The molecule has 1 saturated carbocycles. The predicted molar refractivity (Wildman–Crippen MR) is 128 cm³/mol. The highest BCUT2D eigenvalue weighted by Crippen LogP contribution is 2.47. The lowest BCUT2D eigenvalue weighted by Gasteiger charge is -2.32. The van der Waals surface area contributed by atoms with Gasteiger partial charge >= 0.3 is 6.09 Å². The topological polar surface area (TPSA) is 73.8 Å². The highest BCUT2D eigenvalue weighted by molar-refractivity contribution is 5.90. The summed E-state index contributed by atoms with van der Waals surface area (Å²) in [7, 11) is 2.18. The average Bonchev–Trinajstić information content (AvgIpc) is 3.62. The van der Waals surface area contributed by atoms with Crippen LogP contribution in [0.25, 0.3) is 0 Å². The molecule has 176 valence electrons. The van der Waals surface area contributed by atoms with Gasteiger partial charge < -0.3 is 15.0 Å². The number of benzene rings is 1. The molecule has 3 aliphatic rings. The van der Waals surface area contributed by atoms with Gasteiger partial charge in [0.15, 0.2) is 0 Å². The van der Waals surface area contributed by atoms with E-state index in [4.69, 9.17) is 4.74 Å². The Morgan fingerprint density at radius 2 is 1.88 bits per heavy atom. The van der Waals surface area contributed by atoms with Crippen LogP contribution in [-0.2, 0) is 11.3 Å². The number of hydrogen-bond acceptors (Lipinski definition) is 7. The Bertz CT molecular complexity index is 987. The maximum atomic E-state index is 12.5. The molecule has 2 aromatic rings. The highest BCUT2D eigenvalue weighted by atomic mass is 16.6. The van der Waals surface area contributed by atoms with Crippen molar-refractivity contribution in [1.29, 1.82) is 0 Å². The average molecular weight is 451 g/mol. The minimum absolute atomic E-state index is 0.0401. The van der Waals surface area contributed by atoms with Crippen molar-refractivity contribution < 1.29 is 9.53 Å². The van der Waals surface area contributed by atoms with Crippen LogP contribution in [0.15, 0.2) is 36.5 Å². The van der Waals surface area contributed by atoms with Gasteiger partial charge in [-0.05, 0) is 56.8 Å². The summed E-state index contributed by atoms with van der Waals surface area (Å²) in [6, 6.07) is 10.6. The van der Waals surface area contributed by atoms with Crippen LogP contribution in [0.2, 0.25) is 0 Å². The van der Waals surface area contributed by atoms with E-state index in [9.17, 15) is 4.79 Å². The first-order chi connectivity index (χ1) is 15.9. The van der Waals surface area contributed by atoms with E-state index in [1.54, 1.807) is 17.2 Å². The zero-order chi connectivity index (χ0) is 23.0. The molecule has 1 aromatic heterocycles. The van der Waals surface area contributed by atoms with Crippen LogP contribution in [0.4, 0.5) is 16.6 Å². The van der Waals surface area contributed by atoms with Gasteiger partial charge in [0.2, 0.25) is 5.95 Å². The van der Waals surface area contributed by atoms with Gasteiger partial charge in [0.1, 0.15) is 12.4 Å². The summed E-state index contributed by atoms with van der Waals surface area (Å²) in [5.41, 5.74) is 2.18. The molecule has 2 saturated heterocycles. The first-order valence-electron chi connectivity index (χ1n) is 12.0. The molecule has 3 heterocycles. The molecule has 2 atom stereocenters. The fourth-order valence-corrected chi connectivity index (χ4v) is 4.90. The minimum atomic E-state index is -0.325. The van der Waals surface area contributed by atoms with E-state index in [1.807, 2.05) is 0 Å². The molecule has 2 aliphatic heterocycles. The zero-order valence-electron chi connectivity index (χ0n) is 19.8. The monoisotopic (exact) mass is 450 g/mol. The standard InChI is InChI=1S/C25H34N6O2/c1-18(20-6-4-19(5-7-20)16-30-14-12-29(3)13-15-30)27-23-26-11-10-22(28-23)31-24(32)33-17-25(31,2)21-8-9-21/h4-7,10-11,18,21H,8-9,12-17H2,1-3H3,(H,26,27,28)/t18-,25?/m0/s1. The fourth-order valence-electron chi connectivity index (χ4n) is 4.90. The number of amides is 1. The molecule has 3 fully saturated rings. The Morgan fingerprint density at radius 3 is 2.58 bits per heavy atom. The van der Waals surface area contributed by atoms with E-state index in [0.29, 0.717) is 24.3 Å². The number of aromatic nitrogens is 2. The lowest BCUT2D eigenvalue weighted by atomic mass is 9.96. The molecule has 1 amide bonds. The minimum Gasteiger partial charge on any atom is -0.447 e. The van der Waals surface area contributed by atoms with Crippen molar-refractivity contribution in [2.45, 2.75) is 44.8 Å². The highest BCUT2D eigenvalue weighted by Gasteiger charge is 2.54. The van der Waals surface area contributed by atoms with Crippen molar-refractivity contribution >= 4 is 17.9 Å². The van der Waals surface area contributed by atoms with Crippen molar-refractivity contribution in [3.8, 4) is 0 Å². The fraction of sp³-hybridized carbons (Fsp3) is 0.560. The van der Waals surface area contributed by atoms with Crippen molar-refractivity contribution in [2.75, 3.05) is 50.1 Å². The molecular weight excluding hydrogens is 416 g/mol. The van der Waals surface area contributed by atoms with Gasteiger partial charge in [-0.15, -0.1) is 0 Å². The van der Waals surface area contributed by atoms with Crippen molar-refractivity contribution in [1.82, 2.24) is 19.8 Å². The number of ether oxygens (including phenoxy) is 1. The molecule has 0 bridgehead atoms. The van der Waals surface area contributed by atoms with Crippen molar-refractivity contribution in [3.05, 3.63) is 47.7 Å². The second-order valence-corrected chi connectivity index (χ2v) is 9.95. The molecule has 1 aromatic carbocycles. The molecule has 8 heteroatoms. The maximum Gasteiger partial charge on any atom is 0.416 e. The summed E-state index contributed by atoms with van der Waals surface area (Å²) < 4.78 is 5.40. The Labute approximate surface area is 195 Å². The summed E-state index contributed by atoms with van der Waals surface area (Å²) in [5.74, 6) is 1.58. The largest absolute Gasteiger partial charge is 0.447 e. The van der Waals surface area contributed by atoms with Gasteiger partial charge in [-0.25, -0.2) is 9.78 Å². The number of carbonyl (C=O) groups is 1. The van der Waals surface area contributed by atoms with Crippen molar-refractivity contribution in [2.24, 2.45) is 5.92 Å². The number of anilines is 2. The summed E-state index contributed by atoms with van der Waals surface area (Å²) in [4.78, 5) is 28.2. The second-order valence-electron chi connectivity index (χ2n) is 9.95. The second kappa shape index (κ2) is 8.91. The third-order valence-corrected chi connectivity index (χ3v) is 7.34. The summed E-state index contributed by atoms with van der Waals surface area (Å²) in [6.07, 6.45) is 3.64. The SMILES string of the molecule is C[C@H](Nc1nccc(N2C(=O)OCC2(C)C2CC2)n1)c1ccc(CN2CCN(C)CC2)cc1. The molecule has 0 radical (unpaired) electrons. The zero-order valence-corrected chi connectivity index (χ0v) is 19.8. The lowest BCUT2D eigenvalue weighted by molar-refractivity contribution is 0.148. The van der Waals surface area contributed by atoms with Crippen LogP contribution in [0, 0.1) is 5.92 Å². The number of likely N-dealkylation sites (N-methyl/N-ethyl adjacent to an activating group) is 1. The molecule has 1 aliphatic carbocycles. The third-order valence-electron chi connectivity index (χ3n) is 7.34. The molecule has 33 heavy (non-hydrogen) atoms. The first-order valence-corrected chi connectivity index (χ1v) is 12.0. The summed E-state index contributed by atoms with van der Waals surface area (Å²) in [5, 5.41) is 3.40. The van der Waals surface area contributed by atoms with Crippen molar-refractivity contribution in [3.63, 3.8) is 0 Å².